The van der Waals surface area contributed by atoms with Crippen molar-refractivity contribution in [1.29, 1.82) is 0 Å². The molecule has 0 amide bonds. The minimum Gasteiger partial charge on any atom is -0.478 e. The summed E-state index contributed by atoms with van der Waals surface area (Å²) >= 11 is 0. The van der Waals surface area contributed by atoms with E-state index >= 15 is 0 Å². The van der Waals surface area contributed by atoms with Gasteiger partial charge in [0.25, 0.3) is 0 Å². The maximum Gasteiger partial charge on any atom is 0.328 e. The number of halogens is 1. The summed E-state index contributed by atoms with van der Waals surface area (Å²) in [7, 11) is 0. The first-order chi connectivity index (χ1) is 8.52. The van der Waals surface area contributed by atoms with E-state index in [0.717, 1.165) is 17.2 Å². The number of esters is 1. The lowest BCUT2D eigenvalue weighted by molar-refractivity contribution is -0.132. The van der Waals surface area contributed by atoms with Gasteiger partial charge in [0.1, 0.15) is 5.75 Å². The molecule has 0 aliphatic heterocycles. The van der Waals surface area contributed by atoms with E-state index in [9.17, 15) is 9.59 Å². The summed E-state index contributed by atoms with van der Waals surface area (Å²) in [5.74, 6) is -0.937. The van der Waals surface area contributed by atoms with Gasteiger partial charge in [-0.2, -0.15) is 0 Å². The predicted octanol–water partition coefficient (Wildman–Crippen LogP) is 2.86. The largest absolute Gasteiger partial charge is 0.478 e. The van der Waals surface area contributed by atoms with E-state index in [-0.39, 0.29) is 12.4 Å². The molecule has 1 rings (SSSR count). The third-order valence-electron chi connectivity index (χ3n) is 2.12. The molecule has 0 unspecified atom stereocenters. The number of carboxylic acids is 1. The van der Waals surface area contributed by atoms with Crippen LogP contribution in [0.15, 0.2) is 36.9 Å². The Morgan fingerprint density at radius 1 is 1.42 bits per heavy atom. The van der Waals surface area contributed by atoms with Crippen molar-refractivity contribution in [1.82, 2.24) is 0 Å². The van der Waals surface area contributed by atoms with E-state index in [4.69, 9.17) is 9.84 Å². The van der Waals surface area contributed by atoms with Crippen LogP contribution in [0.2, 0.25) is 0 Å². The molecule has 0 fully saturated rings. The van der Waals surface area contributed by atoms with Gasteiger partial charge in [-0.3, -0.25) is 4.79 Å². The molecule has 0 saturated heterocycles. The van der Waals surface area contributed by atoms with Crippen molar-refractivity contribution in [3.63, 3.8) is 0 Å². The highest BCUT2D eigenvalue weighted by molar-refractivity contribution is 5.85. The van der Waals surface area contributed by atoms with Gasteiger partial charge in [0.15, 0.2) is 0 Å². The van der Waals surface area contributed by atoms with Gasteiger partial charge in [-0.25, -0.2) is 4.79 Å². The molecule has 0 aliphatic rings. The second kappa shape index (κ2) is 8.11. The van der Waals surface area contributed by atoms with Crippen molar-refractivity contribution < 1.29 is 19.4 Å². The summed E-state index contributed by atoms with van der Waals surface area (Å²) in [6.07, 6.45) is 4.76. The van der Waals surface area contributed by atoms with Crippen molar-refractivity contribution in [2.75, 3.05) is 0 Å². The molecule has 4 nitrogen and oxygen atoms in total. The van der Waals surface area contributed by atoms with Gasteiger partial charge in [0.05, 0.1) is 0 Å². The fourth-order valence-electron chi connectivity index (χ4n) is 1.44. The Bertz CT molecular complexity index is 506. The van der Waals surface area contributed by atoms with Crippen molar-refractivity contribution in [2.45, 2.75) is 13.3 Å². The third-order valence-corrected chi connectivity index (χ3v) is 2.12. The van der Waals surface area contributed by atoms with Crippen LogP contribution in [0.4, 0.5) is 0 Å². The van der Waals surface area contributed by atoms with Crippen LogP contribution in [0.5, 0.6) is 5.75 Å². The van der Waals surface area contributed by atoms with E-state index in [1.165, 1.54) is 13.0 Å². The van der Waals surface area contributed by atoms with Gasteiger partial charge in [0.2, 0.25) is 0 Å². The Labute approximate surface area is 117 Å². The van der Waals surface area contributed by atoms with Crippen LogP contribution >= 0.6 is 12.4 Å². The first-order valence-electron chi connectivity index (χ1n) is 5.36. The van der Waals surface area contributed by atoms with E-state index < -0.39 is 11.9 Å². The Morgan fingerprint density at radius 3 is 2.63 bits per heavy atom. The molecule has 102 valence electrons. The quantitative estimate of drug-likeness (QED) is 0.390. The molecule has 0 heterocycles. The second-order valence-corrected chi connectivity index (χ2v) is 3.63. The number of benzene rings is 1. The minimum atomic E-state index is -1.01. The highest BCUT2D eigenvalue weighted by atomic mass is 35.5. The van der Waals surface area contributed by atoms with Crippen molar-refractivity contribution >= 4 is 30.4 Å². The number of ether oxygens (including phenoxy) is 1. The summed E-state index contributed by atoms with van der Waals surface area (Å²) < 4.78 is 5.05. The van der Waals surface area contributed by atoms with Crippen LogP contribution in [-0.4, -0.2) is 17.0 Å². The first-order valence-corrected chi connectivity index (χ1v) is 5.36. The molecule has 1 N–H and O–H groups in total. The summed E-state index contributed by atoms with van der Waals surface area (Å²) in [6, 6.07) is 5.09. The van der Waals surface area contributed by atoms with E-state index in [1.807, 2.05) is 0 Å². The van der Waals surface area contributed by atoms with Gasteiger partial charge < -0.3 is 9.84 Å². The molecule has 0 bridgehead atoms. The van der Waals surface area contributed by atoms with E-state index in [0.29, 0.717) is 12.2 Å². The molecular formula is C14H15ClO4. The van der Waals surface area contributed by atoms with Gasteiger partial charge in [-0.15, -0.1) is 19.0 Å². The number of allylic oxidation sites excluding steroid dienone is 1. The summed E-state index contributed by atoms with van der Waals surface area (Å²) in [4.78, 5) is 21.4. The van der Waals surface area contributed by atoms with Crippen molar-refractivity contribution in [3.8, 4) is 5.75 Å². The molecule has 0 radical (unpaired) electrons. The number of rotatable bonds is 5. The Morgan fingerprint density at radius 2 is 2.11 bits per heavy atom. The maximum atomic E-state index is 10.9. The lowest BCUT2D eigenvalue weighted by Crippen LogP contribution is -2.04. The molecule has 5 heteroatoms. The van der Waals surface area contributed by atoms with Crippen molar-refractivity contribution in [2.24, 2.45) is 0 Å². The van der Waals surface area contributed by atoms with E-state index in [2.05, 4.69) is 6.58 Å². The van der Waals surface area contributed by atoms with Crippen molar-refractivity contribution in [3.05, 3.63) is 48.1 Å². The van der Waals surface area contributed by atoms with Gasteiger partial charge in [-0.05, 0) is 35.8 Å². The topological polar surface area (TPSA) is 63.6 Å². The lowest BCUT2D eigenvalue weighted by Gasteiger charge is -2.08. The summed E-state index contributed by atoms with van der Waals surface area (Å²) in [5, 5.41) is 8.55. The molecule has 0 aliphatic carbocycles. The van der Waals surface area contributed by atoms with Gasteiger partial charge in [-0.1, -0.05) is 12.1 Å². The molecule has 19 heavy (non-hydrogen) atoms. The molecule has 0 spiro atoms. The highest BCUT2D eigenvalue weighted by Gasteiger charge is 2.05. The zero-order valence-electron chi connectivity index (χ0n) is 10.5. The third kappa shape index (κ3) is 5.88. The average Bonchev–Trinajstić information content (AvgIpc) is 2.29. The Balaban J connectivity index is 0.00000324. The second-order valence-electron chi connectivity index (χ2n) is 3.63. The van der Waals surface area contributed by atoms with Gasteiger partial charge >= 0.3 is 11.9 Å². The van der Waals surface area contributed by atoms with Crippen LogP contribution in [0.1, 0.15) is 18.1 Å². The van der Waals surface area contributed by atoms with Crippen LogP contribution in [-0.2, 0) is 16.0 Å². The van der Waals surface area contributed by atoms with Crippen LogP contribution in [0, 0.1) is 0 Å². The summed E-state index contributed by atoms with van der Waals surface area (Å²) in [6.45, 7) is 4.96. The fourth-order valence-corrected chi connectivity index (χ4v) is 1.44. The number of carbonyl (C=O) groups is 2. The summed E-state index contributed by atoms with van der Waals surface area (Å²) in [5.41, 5.74) is 1.51. The SMILES string of the molecule is C=CCc1cc(C=CC(=O)O)ccc1OC(C)=O.Cl. The zero-order valence-corrected chi connectivity index (χ0v) is 11.3. The van der Waals surface area contributed by atoms with E-state index in [1.54, 1.807) is 24.3 Å². The maximum absolute atomic E-state index is 10.9. The standard InChI is InChI=1S/C14H14O4.ClH/c1-3-4-12-9-11(6-8-14(16)17)5-7-13(12)18-10(2)15;/h3,5-9H,1,4H2,2H3,(H,16,17);1H. The minimum absolute atomic E-state index is 0. The Hall–Kier alpha value is -2.07. The number of carbonyl (C=O) groups excluding carboxylic acids is 1. The highest BCUT2D eigenvalue weighted by Crippen LogP contribution is 2.22. The molecular weight excluding hydrogens is 268 g/mol. The zero-order chi connectivity index (χ0) is 13.5. The average molecular weight is 283 g/mol. The molecule has 0 aromatic heterocycles. The lowest BCUT2D eigenvalue weighted by atomic mass is 10.1. The smallest absolute Gasteiger partial charge is 0.328 e. The molecule has 0 atom stereocenters. The number of hydrogen-bond acceptors (Lipinski definition) is 3. The fraction of sp³-hybridized carbons (Fsp3) is 0.143. The number of hydrogen-bond donors (Lipinski definition) is 1. The molecule has 0 saturated carbocycles. The molecule has 1 aromatic carbocycles. The number of carboxylic acid groups (broad SMARTS) is 1. The van der Waals surface area contributed by atoms with Crippen LogP contribution in [0.25, 0.3) is 6.08 Å². The Kier molecular flexibility index (Phi) is 7.22. The van der Waals surface area contributed by atoms with Crippen LogP contribution < -0.4 is 4.74 Å². The first kappa shape index (κ1) is 16.9. The predicted molar refractivity (Wildman–Crippen MR) is 75.6 cm³/mol. The van der Waals surface area contributed by atoms with Gasteiger partial charge in [0, 0.05) is 13.0 Å². The normalized spacial score (nSPS) is 9.74. The monoisotopic (exact) mass is 282 g/mol. The number of aliphatic carboxylic acids is 1. The van der Waals surface area contributed by atoms with Crippen LogP contribution in [0.3, 0.4) is 0 Å². The molecule has 1 aromatic rings.